The topological polar surface area (TPSA) is 55.8 Å². The summed E-state index contributed by atoms with van der Waals surface area (Å²) in [5.74, 6) is 0.363. The third kappa shape index (κ3) is 4.00. The summed E-state index contributed by atoms with van der Waals surface area (Å²) in [4.78, 5) is 27.6. The van der Waals surface area contributed by atoms with Crippen LogP contribution in [0.25, 0.3) is 6.08 Å². The molecule has 5 nitrogen and oxygen atoms in total. The van der Waals surface area contributed by atoms with Crippen LogP contribution in [0.2, 0.25) is 0 Å². The Kier molecular flexibility index (Phi) is 5.68. The van der Waals surface area contributed by atoms with Gasteiger partial charge < -0.3 is 14.4 Å². The van der Waals surface area contributed by atoms with Crippen molar-refractivity contribution in [2.45, 2.75) is 13.8 Å². The quantitative estimate of drug-likeness (QED) is 0.303. The number of ketones is 1. The number of anilines is 1. The van der Waals surface area contributed by atoms with Crippen LogP contribution in [0.1, 0.15) is 39.4 Å². The van der Waals surface area contributed by atoms with E-state index < -0.39 is 5.97 Å². The lowest BCUT2D eigenvalue weighted by Crippen LogP contribution is -2.21. The second kappa shape index (κ2) is 8.55. The minimum atomic E-state index is -0.432. The van der Waals surface area contributed by atoms with Crippen molar-refractivity contribution < 1.29 is 19.1 Å². The second-order valence-corrected chi connectivity index (χ2v) is 7.68. The molecule has 6 heteroatoms. The Morgan fingerprint density at radius 1 is 1.10 bits per heavy atom. The molecule has 152 valence electrons. The molecule has 0 amide bonds. The number of hydrogen-bond donors (Lipinski definition) is 0. The van der Waals surface area contributed by atoms with Crippen LogP contribution < -0.4 is 14.4 Å². The summed E-state index contributed by atoms with van der Waals surface area (Å²) >= 11 is 1.31. The van der Waals surface area contributed by atoms with Gasteiger partial charge in [-0.1, -0.05) is 18.2 Å². The monoisotopic (exact) mass is 419 g/mol. The molecule has 1 aromatic heterocycles. The molecule has 0 atom stereocenters. The van der Waals surface area contributed by atoms with Crippen molar-refractivity contribution in [3.8, 4) is 11.5 Å². The van der Waals surface area contributed by atoms with Gasteiger partial charge in [0.1, 0.15) is 16.4 Å². The van der Waals surface area contributed by atoms with E-state index >= 15 is 0 Å². The molecule has 0 radical (unpaired) electrons. The number of benzene rings is 2. The predicted molar refractivity (Wildman–Crippen MR) is 119 cm³/mol. The molecule has 0 unspecified atom stereocenters. The minimum Gasteiger partial charge on any atom is -0.452 e. The van der Waals surface area contributed by atoms with Gasteiger partial charge in [0.2, 0.25) is 5.78 Å². The number of Topliss-reactive ketones (excluding diaryl/α,β-unsaturated/α-hetero) is 1. The number of rotatable bonds is 6. The average Bonchev–Trinajstić information content (AvgIpc) is 3.39. The van der Waals surface area contributed by atoms with Crippen molar-refractivity contribution >= 4 is 34.9 Å². The van der Waals surface area contributed by atoms with Crippen LogP contribution >= 0.6 is 11.3 Å². The van der Waals surface area contributed by atoms with Gasteiger partial charge in [-0.05, 0) is 61.2 Å². The van der Waals surface area contributed by atoms with Gasteiger partial charge in [0, 0.05) is 24.8 Å². The second-order valence-electron chi connectivity index (χ2n) is 6.73. The van der Waals surface area contributed by atoms with E-state index in [0.29, 0.717) is 21.9 Å². The fourth-order valence-electron chi connectivity index (χ4n) is 3.30. The van der Waals surface area contributed by atoms with Gasteiger partial charge in [0.15, 0.2) is 5.76 Å². The molecule has 1 aliphatic heterocycles. The number of carbonyl (C=O) groups is 2. The smallest absolute Gasteiger partial charge is 0.353 e. The normalized spacial score (nSPS) is 13.8. The predicted octanol–water partition coefficient (Wildman–Crippen LogP) is 5.43. The Labute approximate surface area is 179 Å². The number of esters is 1. The lowest BCUT2D eigenvalue weighted by molar-refractivity contribution is 0.0739. The Hall–Kier alpha value is -3.38. The highest BCUT2D eigenvalue weighted by molar-refractivity contribution is 7.12. The number of nitrogens with zero attached hydrogens (tertiary/aromatic N) is 1. The van der Waals surface area contributed by atoms with Crippen molar-refractivity contribution in [1.82, 2.24) is 0 Å². The van der Waals surface area contributed by atoms with Crippen molar-refractivity contribution in [2.75, 3.05) is 18.0 Å². The van der Waals surface area contributed by atoms with Gasteiger partial charge >= 0.3 is 5.97 Å². The fourth-order valence-corrected chi connectivity index (χ4v) is 3.90. The largest absolute Gasteiger partial charge is 0.452 e. The molecule has 2 aromatic carbocycles. The Morgan fingerprint density at radius 2 is 1.87 bits per heavy atom. The number of ether oxygens (including phenoxy) is 2. The molecular formula is C24H21NO4S. The number of thiophene rings is 1. The Morgan fingerprint density at radius 3 is 2.53 bits per heavy atom. The van der Waals surface area contributed by atoms with E-state index in [4.69, 9.17) is 9.47 Å². The maximum Gasteiger partial charge on any atom is 0.353 e. The molecule has 0 spiro atoms. The number of carbonyl (C=O) groups excluding carboxylic acids is 2. The van der Waals surface area contributed by atoms with Gasteiger partial charge in [-0.15, -0.1) is 11.3 Å². The zero-order valence-electron chi connectivity index (χ0n) is 16.8. The van der Waals surface area contributed by atoms with E-state index in [2.05, 4.69) is 18.7 Å². The lowest BCUT2D eigenvalue weighted by Gasteiger charge is -2.20. The molecule has 0 N–H and O–H groups in total. The summed E-state index contributed by atoms with van der Waals surface area (Å²) in [7, 11) is 0. The molecule has 0 fully saturated rings. The van der Waals surface area contributed by atoms with E-state index in [9.17, 15) is 9.59 Å². The summed E-state index contributed by atoms with van der Waals surface area (Å²) in [6.45, 7) is 6.11. The SMILES string of the molecule is CCN(CC)c1ccc(/C=C2\Oc3cc(OC(=O)c4cccs4)ccc3C2=O)cc1. The zero-order chi connectivity index (χ0) is 21.1. The maximum atomic E-state index is 12.7. The van der Waals surface area contributed by atoms with Crippen LogP contribution in [-0.2, 0) is 0 Å². The Balaban J connectivity index is 1.51. The highest BCUT2D eigenvalue weighted by atomic mass is 32.1. The summed E-state index contributed by atoms with van der Waals surface area (Å²) in [5, 5.41) is 1.81. The van der Waals surface area contributed by atoms with E-state index in [-0.39, 0.29) is 11.5 Å². The summed E-state index contributed by atoms with van der Waals surface area (Å²) in [6.07, 6.45) is 1.73. The van der Waals surface area contributed by atoms with Gasteiger partial charge in [-0.25, -0.2) is 4.79 Å². The van der Waals surface area contributed by atoms with Crippen molar-refractivity contribution in [3.63, 3.8) is 0 Å². The van der Waals surface area contributed by atoms with Crippen LogP contribution in [-0.4, -0.2) is 24.8 Å². The van der Waals surface area contributed by atoms with Crippen molar-refractivity contribution in [2.24, 2.45) is 0 Å². The molecule has 1 aliphatic rings. The van der Waals surface area contributed by atoms with Crippen molar-refractivity contribution in [1.29, 1.82) is 0 Å². The highest BCUT2D eigenvalue weighted by Crippen LogP contribution is 2.35. The first-order valence-electron chi connectivity index (χ1n) is 9.78. The molecule has 0 saturated heterocycles. The summed E-state index contributed by atoms with van der Waals surface area (Å²) < 4.78 is 11.2. The van der Waals surface area contributed by atoms with E-state index in [1.165, 1.54) is 11.3 Å². The number of fused-ring (bicyclic) bond motifs is 1. The van der Waals surface area contributed by atoms with Crippen molar-refractivity contribution in [3.05, 3.63) is 81.7 Å². The van der Waals surface area contributed by atoms with Gasteiger partial charge in [0.05, 0.1) is 5.56 Å². The molecule has 30 heavy (non-hydrogen) atoms. The van der Waals surface area contributed by atoms with E-state index in [1.54, 1.807) is 36.4 Å². The average molecular weight is 420 g/mol. The van der Waals surface area contributed by atoms with Crippen LogP contribution in [0.3, 0.4) is 0 Å². The third-order valence-electron chi connectivity index (χ3n) is 4.89. The zero-order valence-corrected chi connectivity index (χ0v) is 17.6. The number of hydrogen-bond acceptors (Lipinski definition) is 6. The molecule has 4 rings (SSSR count). The maximum absolute atomic E-state index is 12.7. The summed E-state index contributed by atoms with van der Waals surface area (Å²) in [6, 6.07) is 16.3. The molecule has 3 aromatic rings. The van der Waals surface area contributed by atoms with Crippen LogP contribution in [0.5, 0.6) is 11.5 Å². The van der Waals surface area contributed by atoms with Gasteiger partial charge in [-0.3, -0.25) is 4.79 Å². The summed E-state index contributed by atoms with van der Waals surface area (Å²) in [5.41, 5.74) is 2.48. The van der Waals surface area contributed by atoms with Crippen LogP contribution in [0, 0.1) is 0 Å². The minimum absolute atomic E-state index is 0.186. The molecule has 0 aliphatic carbocycles. The molecule has 2 heterocycles. The first-order valence-corrected chi connectivity index (χ1v) is 10.7. The van der Waals surface area contributed by atoms with Gasteiger partial charge in [-0.2, -0.15) is 0 Å². The first-order chi connectivity index (χ1) is 14.6. The molecule has 0 bridgehead atoms. The third-order valence-corrected chi connectivity index (χ3v) is 5.74. The van der Waals surface area contributed by atoms with Gasteiger partial charge in [0.25, 0.3) is 0 Å². The van der Waals surface area contributed by atoms with Crippen LogP contribution in [0.15, 0.2) is 65.7 Å². The highest BCUT2D eigenvalue weighted by Gasteiger charge is 2.28. The first kappa shape index (κ1) is 19.9. The lowest BCUT2D eigenvalue weighted by atomic mass is 10.1. The standard InChI is InChI=1S/C24H21NO4S/c1-3-25(4-2)17-9-7-16(8-10-17)14-21-23(26)19-12-11-18(15-20(19)29-21)28-24(27)22-6-5-13-30-22/h5-15H,3-4H2,1-2H3/b21-14-. The molecular weight excluding hydrogens is 398 g/mol. The van der Waals surface area contributed by atoms with E-state index in [1.807, 2.05) is 29.6 Å². The van der Waals surface area contributed by atoms with Crippen LogP contribution in [0.4, 0.5) is 5.69 Å². The Bertz CT molecular complexity index is 1100. The fraction of sp³-hybridized carbons (Fsp3) is 0.167. The number of allylic oxidation sites excluding steroid dienone is 1. The molecule has 0 saturated carbocycles. The van der Waals surface area contributed by atoms with E-state index in [0.717, 1.165) is 24.3 Å².